The maximum atomic E-state index is 13.2. The molecular formula is C13H17FN2O. The van der Waals surface area contributed by atoms with Crippen LogP contribution >= 0.6 is 0 Å². The number of halogens is 1. The molecule has 0 aliphatic heterocycles. The van der Waals surface area contributed by atoms with Crippen LogP contribution in [-0.4, -0.2) is 18.5 Å². The van der Waals surface area contributed by atoms with Crippen molar-refractivity contribution in [2.45, 2.75) is 25.8 Å². The minimum atomic E-state index is -0.404. The highest BCUT2D eigenvalue weighted by Gasteiger charge is 2.34. The second-order valence-electron chi connectivity index (χ2n) is 4.42. The third-order valence-electron chi connectivity index (χ3n) is 3.12. The molecule has 0 saturated heterocycles. The Balaban J connectivity index is 1.76. The number of nitrogens with one attached hydrogen (secondary N) is 2. The molecule has 0 aromatic heterocycles. The van der Waals surface area contributed by atoms with E-state index < -0.39 is 5.82 Å². The van der Waals surface area contributed by atoms with Gasteiger partial charge < -0.3 is 10.6 Å². The van der Waals surface area contributed by atoms with Crippen LogP contribution in [0.15, 0.2) is 24.3 Å². The summed E-state index contributed by atoms with van der Waals surface area (Å²) in [4.78, 5) is 11.6. The summed E-state index contributed by atoms with van der Waals surface area (Å²) in [7, 11) is 0. The second-order valence-corrected chi connectivity index (χ2v) is 4.42. The predicted molar refractivity (Wildman–Crippen MR) is 65.2 cm³/mol. The number of hydrogen-bond acceptors (Lipinski definition) is 2. The SMILES string of the molecule is CCC1CC1NCC(=O)Nc1ccccc1F. The van der Waals surface area contributed by atoms with E-state index in [4.69, 9.17) is 0 Å². The average molecular weight is 236 g/mol. The van der Waals surface area contributed by atoms with Gasteiger partial charge in [0.25, 0.3) is 0 Å². The molecule has 1 saturated carbocycles. The lowest BCUT2D eigenvalue weighted by Crippen LogP contribution is -2.30. The van der Waals surface area contributed by atoms with Gasteiger partial charge in [0.05, 0.1) is 12.2 Å². The summed E-state index contributed by atoms with van der Waals surface area (Å²) in [5, 5.41) is 5.71. The Morgan fingerprint density at radius 1 is 1.47 bits per heavy atom. The molecule has 0 spiro atoms. The molecule has 4 heteroatoms. The molecule has 0 heterocycles. The van der Waals surface area contributed by atoms with Gasteiger partial charge in [0.15, 0.2) is 0 Å². The predicted octanol–water partition coefficient (Wildman–Crippen LogP) is 2.15. The Kier molecular flexibility index (Phi) is 3.74. The molecule has 0 bridgehead atoms. The fourth-order valence-electron chi connectivity index (χ4n) is 1.93. The lowest BCUT2D eigenvalue weighted by molar-refractivity contribution is -0.115. The normalized spacial score (nSPS) is 22.2. The van der Waals surface area contributed by atoms with Crippen LogP contribution in [0.25, 0.3) is 0 Å². The second kappa shape index (κ2) is 5.27. The average Bonchev–Trinajstić information content (AvgIpc) is 3.08. The van der Waals surface area contributed by atoms with Crippen LogP contribution < -0.4 is 10.6 Å². The van der Waals surface area contributed by atoms with Gasteiger partial charge in [0, 0.05) is 6.04 Å². The molecule has 3 nitrogen and oxygen atoms in total. The first-order valence-electron chi connectivity index (χ1n) is 5.98. The zero-order valence-corrected chi connectivity index (χ0v) is 9.87. The lowest BCUT2D eigenvalue weighted by Gasteiger charge is -2.07. The van der Waals surface area contributed by atoms with Crippen molar-refractivity contribution in [1.82, 2.24) is 5.32 Å². The van der Waals surface area contributed by atoms with Crippen LogP contribution in [0.4, 0.5) is 10.1 Å². The molecule has 0 radical (unpaired) electrons. The van der Waals surface area contributed by atoms with Crippen molar-refractivity contribution >= 4 is 11.6 Å². The number of carbonyl (C=O) groups excluding carboxylic acids is 1. The van der Waals surface area contributed by atoms with E-state index in [1.807, 2.05) is 0 Å². The van der Waals surface area contributed by atoms with E-state index in [2.05, 4.69) is 17.6 Å². The highest BCUT2D eigenvalue weighted by atomic mass is 19.1. The fraction of sp³-hybridized carbons (Fsp3) is 0.462. The van der Waals surface area contributed by atoms with Crippen molar-refractivity contribution in [3.8, 4) is 0 Å². The van der Waals surface area contributed by atoms with Crippen LogP contribution in [0, 0.1) is 11.7 Å². The van der Waals surface area contributed by atoms with Crippen LogP contribution in [0.2, 0.25) is 0 Å². The topological polar surface area (TPSA) is 41.1 Å². The Labute approximate surface area is 100 Å². The van der Waals surface area contributed by atoms with E-state index in [-0.39, 0.29) is 18.1 Å². The van der Waals surface area contributed by atoms with E-state index in [9.17, 15) is 9.18 Å². The minimum Gasteiger partial charge on any atom is -0.322 e. The Bertz CT molecular complexity index is 408. The maximum Gasteiger partial charge on any atom is 0.238 e. The third kappa shape index (κ3) is 3.27. The molecule has 1 fully saturated rings. The number of para-hydroxylation sites is 1. The van der Waals surface area contributed by atoms with Gasteiger partial charge in [-0.3, -0.25) is 4.79 Å². The van der Waals surface area contributed by atoms with Crippen molar-refractivity contribution in [3.63, 3.8) is 0 Å². The molecule has 1 aliphatic carbocycles. The zero-order valence-electron chi connectivity index (χ0n) is 9.87. The van der Waals surface area contributed by atoms with E-state index in [0.717, 1.165) is 12.8 Å². The summed E-state index contributed by atoms with van der Waals surface area (Å²) in [6, 6.07) is 6.64. The molecule has 92 valence electrons. The van der Waals surface area contributed by atoms with E-state index in [1.165, 1.54) is 6.07 Å². The minimum absolute atomic E-state index is 0.197. The number of benzene rings is 1. The van der Waals surface area contributed by atoms with Crippen molar-refractivity contribution in [1.29, 1.82) is 0 Å². The lowest BCUT2D eigenvalue weighted by atomic mass is 10.3. The molecule has 2 unspecified atom stereocenters. The van der Waals surface area contributed by atoms with Crippen molar-refractivity contribution in [2.75, 3.05) is 11.9 Å². The Hall–Kier alpha value is -1.42. The molecule has 1 aromatic carbocycles. The fourth-order valence-corrected chi connectivity index (χ4v) is 1.93. The van der Waals surface area contributed by atoms with Gasteiger partial charge >= 0.3 is 0 Å². The standard InChI is InChI=1S/C13H17FN2O/c1-2-9-7-12(9)15-8-13(17)16-11-6-4-3-5-10(11)14/h3-6,9,12,15H,2,7-8H2,1H3,(H,16,17). The Morgan fingerprint density at radius 3 is 2.88 bits per heavy atom. The van der Waals surface area contributed by atoms with E-state index in [1.54, 1.807) is 18.2 Å². The summed E-state index contributed by atoms with van der Waals surface area (Å²) in [5.41, 5.74) is 0.238. The number of amides is 1. The molecule has 17 heavy (non-hydrogen) atoms. The van der Waals surface area contributed by atoms with Crippen LogP contribution in [0.1, 0.15) is 19.8 Å². The molecule has 1 amide bonds. The first-order valence-corrected chi connectivity index (χ1v) is 5.98. The summed E-state index contributed by atoms with van der Waals surface area (Å²) >= 11 is 0. The number of carbonyl (C=O) groups is 1. The van der Waals surface area contributed by atoms with Gasteiger partial charge in [-0.1, -0.05) is 25.5 Å². The molecule has 1 aliphatic rings. The van der Waals surface area contributed by atoms with E-state index >= 15 is 0 Å². The number of anilines is 1. The van der Waals surface area contributed by atoms with Crippen molar-refractivity contribution in [3.05, 3.63) is 30.1 Å². The zero-order chi connectivity index (χ0) is 12.3. The van der Waals surface area contributed by atoms with Crippen LogP contribution in [-0.2, 0) is 4.79 Å². The highest BCUT2D eigenvalue weighted by molar-refractivity contribution is 5.92. The molecule has 2 atom stereocenters. The van der Waals surface area contributed by atoms with Crippen LogP contribution in [0.3, 0.4) is 0 Å². The summed E-state index contributed by atoms with van der Waals surface area (Å²) in [5.74, 6) is 0.104. The first-order chi connectivity index (χ1) is 8.20. The summed E-state index contributed by atoms with van der Waals surface area (Å²) in [6.45, 7) is 2.39. The van der Waals surface area contributed by atoms with Gasteiger partial charge in [-0.2, -0.15) is 0 Å². The number of rotatable bonds is 5. The quantitative estimate of drug-likeness (QED) is 0.822. The summed E-state index contributed by atoms with van der Waals surface area (Å²) < 4.78 is 13.2. The van der Waals surface area contributed by atoms with Crippen molar-refractivity contribution < 1.29 is 9.18 Å². The maximum absolute atomic E-state index is 13.2. The summed E-state index contributed by atoms with van der Waals surface area (Å²) in [6.07, 6.45) is 2.29. The third-order valence-corrected chi connectivity index (χ3v) is 3.12. The smallest absolute Gasteiger partial charge is 0.238 e. The molecule has 2 N–H and O–H groups in total. The monoisotopic (exact) mass is 236 g/mol. The largest absolute Gasteiger partial charge is 0.322 e. The van der Waals surface area contributed by atoms with E-state index in [0.29, 0.717) is 12.0 Å². The molecule has 1 aromatic rings. The highest BCUT2D eigenvalue weighted by Crippen LogP contribution is 2.32. The van der Waals surface area contributed by atoms with Gasteiger partial charge in [-0.25, -0.2) is 4.39 Å². The number of hydrogen-bond donors (Lipinski definition) is 2. The Morgan fingerprint density at radius 2 is 2.24 bits per heavy atom. The molecule has 2 rings (SSSR count). The first kappa shape index (κ1) is 12.0. The van der Waals surface area contributed by atoms with Gasteiger partial charge in [-0.05, 0) is 24.5 Å². The van der Waals surface area contributed by atoms with Gasteiger partial charge in [0.1, 0.15) is 5.82 Å². The van der Waals surface area contributed by atoms with Gasteiger partial charge in [-0.15, -0.1) is 0 Å². The van der Waals surface area contributed by atoms with Crippen LogP contribution in [0.5, 0.6) is 0 Å². The van der Waals surface area contributed by atoms with Crippen molar-refractivity contribution in [2.24, 2.45) is 5.92 Å². The molecular weight excluding hydrogens is 219 g/mol. The van der Waals surface area contributed by atoms with Gasteiger partial charge in [0.2, 0.25) is 5.91 Å².